The zero-order valence-corrected chi connectivity index (χ0v) is 14.0. The van der Waals surface area contributed by atoms with Crippen LogP contribution in [0.4, 0.5) is 5.69 Å². The maximum absolute atomic E-state index is 12.3. The van der Waals surface area contributed by atoms with Crippen molar-refractivity contribution in [3.8, 4) is 0 Å². The van der Waals surface area contributed by atoms with Gasteiger partial charge in [-0.3, -0.25) is 9.59 Å². The van der Waals surface area contributed by atoms with Gasteiger partial charge in [0.25, 0.3) is 0 Å². The van der Waals surface area contributed by atoms with Crippen LogP contribution in [0.15, 0.2) is 30.3 Å². The number of rotatable bonds is 10. The summed E-state index contributed by atoms with van der Waals surface area (Å²) in [6.45, 7) is 6.86. The van der Waals surface area contributed by atoms with Crippen LogP contribution in [-0.4, -0.2) is 59.6 Å². The largest absolute Gasteiger partial charge is 0.480 e. The average molecular weight is 324 g/mol. The maximum Gasteiger partial charge on any atom is 0.323 e. The molecule has 0 aromatic heterocycles. The molecule has 0 heterocycles. The number of thioether (sulfide) groups is 1. The molecule has 22 heavy (non-hydrogen) atoms. The fourth-order valence-corrected chi connectivity index (χ4v) is 2.90. The number of anilines is 1. The van der Waals surface area contributed by atoms with Crippen molar-refractivity contribution >= 4 is 29.3 Å². The number of carboxylic acids is 1. The zero-order chi connectivity index (χ0) is 16.4. The Kier molecular flexibility index (Phi) is 8.62. The normalized spacial score (nSPS) is 10.7. The maximum atomic E-state index is 12.3. The predicted octanol–water partition coefficient (Wildman–Crippen LogP) is 2.18. The van der Waals surface area contributed by atoms with Crippen molar-refractivity contribution in [1.82, 2.24) is 4.90 Å². The van der Waals surface area contributed by atoms with Crippen molar-refractivity contribution in [2.24, 2.45) is 0 Å². The van der Waals surface area contributed by atoms with Crippen LogP contribution in [0.2, 0.25) is 0 Å². The highest BCUT2D eigenvalue weighted by molar-refractivity contribution is 7.99. The van der Waals surface area contributed by atoms with E-state index in [4.69, 9.17) is 5.11 Å². The van der Waals surface area contributed by atoms with Gasteiger partial charge in [-0.15, -0.1) is 0 Å². The number of aliphatic carboxylic acids is 1. The molecular formula is C16H24N2O3S. The summed E-state index contributed by atoms with van der Waals surface area (Å²) in [4.78, 5) is 26.9. The van der Waals surface area contributed by atoms with E-state index >= 15 is 0 Å². The van der Waals surface area contributed by atoms with Gasteiger partial charge in [-0.25, -0.2) is 0 Å². The molecule has 1 aromatic carbocycles. The van der Waals surface area contributed by atoms with Crippen molar-refractivity contribution in [3.63, 3.8) is 0 Å². The molecule has 1 rings (SSSR count). The van der Waals surface area contributed by atoms with Gasteiger partial charge in [0, 0.05) is 18.0 Å². The molecule has 1 amide bonds. The van der Waals surface area contributed by atoms with E-state index in [-0.39, 0.29) is 12.5 Å². The van der Waals surface area contributed by atoms with Gasteiger partial charge in [-0.05, 0) is 25.2 Å². The lowest BCUT2D eigenvalue weighted by Gasteiger charge is -2.21. The number of carboxylic acid groups (broad SMARTS) is 1. The highest BCUT2D eigenvalue weighted by Gasteiger charge is 2.18. The lowest BCUT2D eigenvalue weighted by molar-refractivity contribution is -0.136. The number of benzene rings is 1. The summed E-state index contributed by atoms with van der Waals surface area (Å²) < 4.78 is 0. The molecule has 1 N–H and O–H groups in total. The molecule has 0 aliphatic heterocycles. The molecule has 0 saturated heterocycles. The van der Waals surface area contributed by atoms with Crippen LogP contribution in [0.3, 0.4) is 0 Å². The SMILES string of the molecule is CCN(CC)CCSCC(=O)N(CC(=O)O)c1ccccc1. The van der Waals surface area contributed by atoms with Crippen LogP contribution in [0.25, 0.3) is 0 Å². The summed E-state index contributed by atoms with van der Waals surface area (Å²) in [5.74, 6) is -0.0180. The minimum absolute atomic E-state index is 0.168. The summed E-state index contributed by atoms with van der Waals surface area (Å²) in [7, 11) is 0. The summed E-state index contributed by atoms with van der Waals surface area (Å²) in [5, 5.41) is 8.99. The Morgan fingerprint density at radius 1 is 1.14 bits per heavy atom. The van der Waals surface area contributed by atoms with Gasteiger partial charge in [-0.2, -0.15) is 11.8 Å². The molecule has 0 spiro atoms. The topological polar surface area (TPSA) is 60.9 Å². The van der Waals surface area contributed by atoms with Crippen LogP contribution >= 0.6 is 11.8 Å². The van der Waals surface area contributed by atoms with Crippen LogP contribution < -0.4 is 4.90 Å². The Morgan fingerprint density at radius 2 is 1.77 bits per heavy atom. The van der Waals surface area contributed by atoms with Gasteiger partial charge in [0.2, 0.25) is 5.91 Å². The second-order valence-electron chi connectivity index (χ2n) is 4.79. The number of carbonyl (C=O) groups is 2. The third-order valence-corrected chi connectivity index (χ3v) is 4.26. The average Bonchev–Trinajstić information content (AvgIpc) is 2.53. The molecule has 5 nitrogen and oxygen atoms in total. The van der Waals surface area contributed by atoms with Gasteiger partial charge in [0.1, 0.15) is 6.54 Å². The van der Waals surface area contributed by atoms with E-state index in [1.165, 1.54) is 4.90 Å². The third kappa shape index (κ3) is 6.49. The Labute approximate surface area is 136 Å². The molecule has 0 fully saturated rings. The first-order chi connectivity index (χ1) is 10.6. The van der Waals surface area contributed by atoms with E-state index in [9.17, 15) is 9.59 Å². The van der Waals surface area contributed by atoms with Crippen molar-refractivity contribution in [1.29, 1.82) is 0 Å². The molecule has 0 aliphatic carbocycles. The molecule has 0 bridgehead atoms. The third-order valence-electron chi connectivity index (χ3n) is 3.33. The standard InChI is InChI=1S/C16H24N2O3S/c1-3-17(4-2)10-11-22-13-15(19)18(12-16(20)21)14-8-6-5-7-9-14/h5-9H,3-4,10-13H2,1-2H3,(H,20,21). The van der Waals surface area contributed by atoms with Gasteiger partial charge in [0.05, 0.1) is 5.75 Å². The summed E-state index contributed by atoms with van der Waals surface area (Å²) in [6.07, 6.45) is 0. The van der Waals surface area contributed by atoms with E-state index in [0.717, 1.165) is 25.4 Å². The first-order valence-electron chi connectivity index (χ1n) is 7.45. The predicted molar refractivity (Wildman–Crippen MR) is 91.5 cm³/mol. The number of nitrogens with zero attached hydrogens (tertiary/aromatic N) is 2. The fraction of sp³-hybridized carbons (Fsp3) is 0.500. The van der Waals surface area contributed by atoms with Crippen LogP contribution in [0.1, 0.15) is 13.8 Å². The van der Waals surface area contributed by atoms with E-state index in [1.54, 1.807) is 36.0 Å². The quantitative estimate of drug-likeness (QED) is 0.669. The molecule has 0 aliphatic rings. The van der Waals surface area contributed by atoms with E-state index < -0.39 is 5.97 Å². The van der Waals surface area contributed by atoms with E-state index in [1.807, 2.05) is 6.07 Å². The van der Waals surface area contributed by atoms with E-state index in [2.05, 4.69) is 18.7 Å². The van der Waals surface area contributed by atoms with Crippen molar-refractivity contribution < 1.29 is 14.7 Å². The van der Waals surface area contributed by atoms with Crippen LogP contribution in [0.5, 0.6) is 0 Å². The Morgan fingerprint density at radius 3 is 2.32 bits per heavy atom. The monoisotopic (exact) mass is 324 g/mol. The Bertz CT molecular complexity index is 464. The van der Waals surface area contributed by atoms with E-state index in [0.29, 0.717) is 11.4 Å². The van der Waals surface area contributed by atoms with Crippen molar-refractivity contribution in [3.05, 3.63) is 30.3 Å². The molecule has 0 unspecified atom stereocenters. The molecule has 1 aromatic rings. The molecule has 0 radical (unpaired) electrons. The Balaban J connectivity index is 2.53. The smallest absolute Gasteiger partial charge is 0.323 e. The van der Waals surface area contributed by atoms with Crippen molar-refractivity contribution in [2.75, 3.05) is 42.6 Å². The fourth-order valence-electron chi connectivity index (χ4n) is 2.04. The van der Waals surface area contributed by atoms with Gasteiger partial charge < -0.3 is 14.9 Å². The second kappa shape index (κ2) is 10.2. The number of carbonyl (C=O) groups excluding carboxylic acids is 1. The number of para-hydroxylation sites is 1. The highest BCUT2D eigenvalue weighted by atomic mass is 32.2. The lowest BCUT2D eigenvalue weighted by Crippen LogP contribution is -2.37. The van der Waals surface area contributed by atoms with Crippen LogP contribution in [0, 0.1) is 0 Å². The summed E-state index contributed by atoms with van der Waals surface area (Å²) in [5.41, 5.74) is 0.624. The van der Waals surface area contributed by atoms with Crippen LogP contribution in [-0.2, 0) is 9.59 Å². The summed E-state index contributed by atoms with van der Waals surface area (Å²) in [6, 6.07) is 8.94. The lowest BCUT2D eigenvalue weighted by atomic mass is 10.3. The molecule has 0 atom stereocenters. The highest BCUT2D eigenvalue weighted by Crippen LogP contribution is 2.15. The molecule has 0 saturated carbocycles. The number of hydrogen-bond acceptors (Lipinski definition) is 4. The summed E-state index contributed by atoms with van der Waals surface area (Å²) >= 11 is 1.54. The molecular weight excluding hydrogens is 300 g/mol. The second-order valence-corrected chi connectivity index (χ2v) is 5.89. The minimum atomic E-state index is -1.01. The molecule has 122 valence electrons. The number of amides is 1. The van der Waals surface area contributed by atoms with Gasteiger partial charge >= 0.3 is 5.97 Å². The first kappa shape index (κ1) is 18.5. The Hall–Kier alpha value is -1.53. The first-order valence-corrected chi connectivity index (χ1v) is 8.61. The molecule has 6 heteroatoms. The zero-order valence-electron chi connectivity index (χ0n) is 13.2. The van der Waals surface area contributed by atoms with Gasteiger partial charge in [0.15, 0.2) is 0 Å². The van der Waals surface area contributed by atoms with Crippen molar-refractivity contribution in [2.45, 2.75) is 13.8 Å². The van der Waals surface area contributed by atoms with Gasteiger partial charge in [-0.1, -0.05) is 32.0 Å². The number of hydrogen-bond donors (Lipinski definition) is 1. The minimum Gasteiger partial charge on any atom is -0.480 e.